The van der Waals surface area contributed by atoms with E-state index in [1.54, 1.807) is 0 Å². The van der Waals surface area contributed by atoms with Gasteiger partial charge in [-0.1, -0.05) is 77.6 Å². The Hall–Kier alpha value is -0.0400. The topological polar surface area (TPSA) is 12.0 Å². The first kappa shape index (κ1) is 16.0. The van der Waals surface area contributed by atoms with Crippen molar-refractivity contribution < 1.29 is 0 Å². The third kappa shape index (κ3) is 8.97. The Kier molecular flexibility index (Phi) is 10.7. The highest BCUT2D eigenvalue weighted by Crippen LogP contribution is 2.17. The van der Waals surface area contributed by atoms with Gasteiger partial charge in [-0.3, -0.25) is 0 Å². The smallest absolute Gasteiger partial charge is 0.00670 e. The molecule has 0 amide bonds. The maximum atomic E-state index is 3.81. The molecule has 0 bridgehead atoms. The van der Waals surface area contributed by atoms with Crippen LogP contribution in [0.1, 0.15) is 96.8 Å². The van der Waals surface area contributed by atoms with Crippen LogP contribution >= 0.6 is 0 Å². The summed E-state index contributed by atoms with van der Waals surface area (Å²) >= 11 is 0. The standard InChI is InChI=1S/C17H35N/c1-2-3-4-5-10-13-16-18-17-14-11-8-6-7-9-12-15-17/h17-18H,2-16H2,1H3. The highest BCUT2D eigenvalue weighted by atomic mass is 14.9. The van der Waals surface area contributed by atoms with E-state index in [2.05, 4.69) is 12.2 Å². The van der Waals surface area contributed by atoms with E-state index in [4.69, 9.17) is 0 Å². The average molecular weight is 253 g/mol. The van der Waals surface area contributed by atoms with Gasteiger partial charge in [-0.25, -0.2) is 0 Å². The van der Waals surface area contributed by atoms with Gasteiger partial charge in [0.25, 0.3) is 0 Å². The van der Waals surface area contributed by atoms with E-state index in [-0.39, 0.29) is 0 Å². The van der Waals surface area contributed by atoms with Crippen molar-refractivity contribution in [3.63, 3.8) is 0 Å². The predicted molar refractivity (Wildman–Crippen MR) is 82.1 cm³/mol. The molecule has 0 aromatic rings. The van der Waals surface area contributed by atoms with Crippen LogP contribution in [-0.2, 0) is 0 Å². The van der Waals surface area contributed by atoms with Crippen LogP contribution in [0.2, 0.25) is 0 Å². The predicted octanol–water partition coefficient (Wildman–Crippen LogP) is 5.44. The molecule has 0 spiro atoms. The lowest BCUT2D eigenvalue weighted by atomic mass is 10.0. The first-order valence-corrected chi connectivity index (χ1v) is 8.67. The van der Waals surface area contributed by atoms with Gasteiger partial charge in [0.05, 0.1) is 0 Å². The van der Waals surface area contributed by atoms with Crippen LogP contribution in [0.15, 0.2) is 0 Å². The molecule has 1 nitrogen and oxygen atoms in total. The number of rotatable bonds is 8. The molecule has 1 N–H and O–H groups in total. The van der Waals surface area contributed by atoms with E-state index in [9.17, 15) is 0 Å². The van der Waals surface area contributed by atoms with Gasteiger partial charge >= 0.3 is 0 Å². The Morgan fingerprint density at radius 2 is 1.28 bits per heavy atom. The van der Waals surface area contributed by atoms with E-state index < -0.39 is 0 Å². The molecule has 0 unspecified atom stereocenters. The molecule has 1 saturated carbocycles. The van der Waals surface area contributed by atoms with Crippen molar-refractivity contribution in [2.45, 2.75) is 103 Å². The van der Waals surface area contributed by atoms with Gasteiger partial charge in [0.2, 0.25) is 0 Å². The summed E-state index contributed by atoms with van der Waals surface area (Å²) in [5.74, 6) is 0. The van der Waals surface area contributed by atoms with Gasteiger partial charge in [-0.05, 0) is 25.8 Å². The molecule has 1 aliphatic rings. The van der Waals surface area contributed by atoms with Crippen molar-refractivity contribution in [2.24, 2.45) is 0 Å². The summed E-state index contributed by atoms with van der Waals surface area (Å²) in [6.45, 7) is 3.55. The number of nitrogens with one attached hydrogen (secondary N) is 1. The minimum absolute atomic E-state index is 0.832. The quantitative estimate of drug-likeness (QED) is 0.568. The summed E-state index contributed by atoms with van der Waals surface area (Å²) in [6.07, 6.45) is 20.1. The second kappa shape index (κ2) is 12.0. The summed E-state index contributed by atoms with van der Waals surface area (Å²) in [5.41, 5.74) is 0. The lowest BCUT2D eigenvalue weighted by Gasteiger charge is -2.17. The highest BCUT2D eigenvalue weighted by molar-refractivity contribution is 4.69. The number of hydrogen-bond acceptors (Lipinski definition) is 1. The van der Waals surface area contributed by atoms with Crippen molar-refractivity contribution in [2.75, 3.05) is 6.54 Å². The third-order valence-electron chi connectivity index (χ3n) is 4.32. The Morgan fingerprint density at radius 3 is 1.94 bits per heavy atom. The van der Waals surface area contributed by atoms with Crippen molar-refractivity contribution in [1.82, 2.24) is 5.32 Å². The summed E-state index contributed by atoms with van der Waals surface area (Å²) in [7, 11) is 0. The van der Waals surface area contributed by atoms with E-state index in [0.29, 0.717) is 0 Å². The van der Waals surface area contributed by atoms with Crippen LogP contribution < -0.4 is 5.32 Å². The van der Waals surface area contributed by atoms with Gasteiger partial charge in [0, 0.05) is 6.04 Å². The molecule has 0 saturated heterocycles. The van der Waals surface area contributed by atoms with Crippen LogP contribution in [0.25, 0.3) is 0 Å². The normalized spacial score (nSPS) is 19.2. The zero-order valence-electron chi connectivity index (χ0n) is 12.7. The van der Waals surface area contributed by atoms with E-state index >= 15 is 0 Å². The molecule has 0 atom stereocenters. The molecular formula is C17H35N. The Bertz CT molecular complexity index is 157. The van der Waals surface area contributed by atoms with Crippen molar-refractivity contribution in [3.05, 3.63) is 0 Å². The van der Waals surface area contributed by atoms with Crippen LogP contribution in [-0.4, -0.2) is 12.6 Å². The van der Waals surface area contributed by atoms with Gasteiger partial charge in [0.15, 0.2) is 0 Å². The van der Waals surface area contributed by atoms with Crippen molar-refractivity contribution in [1.29, 1.82) is 0 Å². The largest absolute Gasteiger partial charge is 0.314 e. The molecule has 0 aliphatic heterocycles. The molecule has 0 aromatic carbocycles. The highest BCUT2D eigenvalue weighted by Gasteiger charge is 2.09. The summed E-state index contributed by atoms with van der Waals surface area (Å²) in [5, 5.41) is 3.81. The van der Waals surface area contributed by atoms with Crippen LogP contribution in [0.4, 0.5) is 0 Å². The minimum atomic E-state index is 0.832. The van der Waals surface area contributed by atoms with E-state index in [1.807, 2.05) is 0 Å². The molecule has 1 heteroatoms. The van der Waals surface area contributed by atoms with Crippen molar-refractivity contribution in [3.8, 4) is 0 Å². The fourth-order valence-electron chi connectivity index (χ4n) is 3.05. The fraction of sp³-hybridized carbons (Fsp3) is 1.00. The minimum Gasteiger partial charge on any atom is -0.314 e. The summed E-state index contributed by atoms with van der Waals surface area (Å²) < 4.78 is 0. The monoisotopic (exact) mass is 253 g/mol. The third-order valence-corrected chi connectivity index (χ3v) is 4.32. The molecule has 108 valence electrons. The van der Waals surface area contributed by atoms with E-state index in [1.165, 1.54) is 96.4 Å². The van der Waals surface area contributed by atoms with Gasteiger partial charge in [-0.2, -0.15) is 0 Å². The summed E-state index contributed by atoms with van der Waals surface area (Å²) in [6, 6.07) is 0.832. The number of unbranched alkanes of at least 4 members (excludes halogenated alkanes) is 5. The lowest BCUT2D eigenvalue weighted by molar-refractivity contribution is 0.425. The lowest BCUT2D eigenvalue weighted by Crippen LogP contribution is -2.29. The van der Waals surface area contributed by atoms with Crippen LogP contribution in [0.3, 0.4) is 0 Å². The molecule has 0 aromatic heterocycles. The molecule has 0 radical (unpaired) electrons. The maximum Gasteiger partial charge on any atom is 0.00670 e. The van der Waals surface area contributed by atoms with Crippen LogP contribution in [0.5, 0.6) is 0 Å². The Morgan fingerprint density at radius 1 is 0.722 bits per heavy atom. The average Bonchev–Trinajstić information content (AvgIpc) is 2.51. The zero-order chi connectivity index (χ0) is 12.9. The first-order chi connectivity index (χ1) is 8.93. The molecule has 1 aliphatic carbocycles. The Balaban J connectivity index is 1.95. The first-order valence-electron chi connectivity index (χ1n) is 8.67. The second-order valence-electron chi connectivity index (χ2n) is 6.12. The zero-order valence-corrected chi connectivity index (χ0v) is 12.7. The fourth-order valence-corrected chi connectivity index (χ4v) is 3.05. The van der Waals surface area contributed by atoms with Crippen molar-refractivity contribution >= 4 is 0 Å². The maximum absolute atomic E-state index is 3.81. The molecular weight excluding hydrogens is 218 g/mol. The molecule has 18 heavy (non-hydrogen) atoms. The SMILES string of the molecule is CCCCCCCCNC1CCCCCCCC1. The van der Waals surface area contributed by atoms with E-state index in [0.717, 1.165) is 6.04 Å². The summed E-state index contributed by atoms with van der Waals surface area (Å²) in [4.78, 5) is 0. The second-order valence-corrected chi connectivity index (χ2v) is 6.12. The Labute approximate surface area is 115 Å². The number of hydrogen-bond donors (Lipinski definition) is 1. The van der Waals surface area contributed by atoms with Gasteiger partial charge in [0.1, 0.15) is 0 Å². The van der Waals surface area contributed by atoms with Crippen LogP contribution in [0, 0.1) is 0 Å². The van der Waals surface area contributed by atoms with Gasteiger partial charge < -0.3 is 5.32 Å². The molecule has 1 rings (SSSR count). The molecule has 0 heterocycles. The molecule has 1 fully saturated rings. The van der Waals surface area contributed by atoms with Gasteiger partial charge in [-0.15, -0.1) is 0 Å².